The molecule has 5 nitrogen and oxygen atoms in total. The minimum Gasteiger partial charge on any atom is -0.489 e. The number of imidazole rings is 1. The first-order valence-corrected chi connectivity index (χ1v) is 9.36. The molecule has 5 heteroatoms. The zero-order chi connectivity index (χ0) is 18.5. The van der Waals surface area contributed by atoms with E-state index in [1.165, 1.54) is 0 Å². The molecule has 0 spiro atoms. The van der Waals surface area contributed by atoms with Crippen molar-refractivity contribution in [1.82, 2.24) is 14.5 Å². The van der Waals surface area contributed by atoms with Crippen molar-refractivity contribution in [3.8, 4) is 17.1 Å². The van der Waals surface area contributed by atoms with E-state index >= 15 is 0 Å². The highest BCUT2D eigenvalue weighted by Gasteiger charge is 2.19. The molecule has 0 saturated carbocycles. The van der Waals surface area contributed by atoms with E-state index < -0.39 is 0 Å². The van der Waals surface area contributed by atoms with Gasteiger partial charge in [-0.25, -0.2) is 4.98 Å². The fourth-order valence-corrected chi connectivity index (χ4v) is 3.38. The highest BCUT2D eigenvalue weighted by atomic mass is 16.5. The van der Waals surface area contributed by atoms with Crippen molar-refractivity contribution < 1.29 is 9.47 Å². The van der Waals surface area contributed by atoms with Gasteiger partial charge in [-0.3, -0.25) is 0 Å². The molecule has 1 aliphatic heterocycles. The zero-order valence-corrected chi connectivity index (χ0v) is 15.6. The van der Waals surface area contributed by atoms with E-state index in [0.29, 0.717) is 6.61 Å². The van der Waals surface area contributed by atoms with Crippen LogP contribution in [-0.2, 0) is 17.9 Å². The standard InChI is InChI=1S/C22H25N3O2/c1-24-12-13-26-21(15-24)16-25-11-10-23-22(25)19-8-5-9-20(14-19)27-17-18-6-3-2-4-7-18/h2-11,14,21H,12-13,15-17H2,1H3. The van der Waals surface area contributed by atoms with Crippen LogP contribution in [0.4, 0.5) is 0 Å². The maximum absolute atomic E-state index is 5.97. The first kappa shape index (κ1) is 17.8. The Morgan fingerprint density at radius 1 is 1.15 bits per heavy atom. The molecule has 0 radical (unpaired) electrons. The lowest BCUT2D eigenvalue weighted by atomic mass is 10.2. The second kappa shape index (κ2) is 8.37. The molecule has 0 bridgehead atoms. The number of aromatic nitrogens is 2. The Morgan fingerprint density at radius 2 is 2.04 bits per heavy atom. The summed E-state index contributed by atoms with van der Waals surface area (Å²) < 4.78 is 14.0. The second-order valence-electron chi connectivity index (χ2n) is 6.96. The smallest absolute Gasteiger partial charge is 0.140 e. The van der Waals surface area contributed by atoms with Gasteiger partial charge in [-0.1, -0.05) is 42.5 Å². The van der Waals surface area contributed by atoms with Gasteiger partial charge in [-0.15, -0.1) is 0 Å². The summed E-state index contributed by atoms with van der Waals surface area (Å²) in [6, 6.07) is 18.3. The highest BCUT2D eigenvalue weighted by molar-refractivity contribution is 5.58. The molecule has 140 valence electrons. The van der Waals surface area contributed by atoms with Crippen molar-refractivity contribution in [2.45, 2.75) is 19.3 Å². The van der Waals surface area contributed by atoms with Gasteiger partial charge >= 0.3 is 0 Å². The van der Waals surface area contributed by atoms with E-state index in [2.05, 4.69) is 45.8 Å². The van der Waals surface area contributed by atoms with E-state index in [9.17, 15) is 0 Å². The van der Waals surface area contributed by atoms with Gasteiger partial charge in [0.1, 0.15) is 18.2 Å². The first-order chi connectivity index (χ1) is 13.3. The normalized spacial score (nSPS) is 17.7. The van der Waals surface area contributed by atoms with Gasteiger partial charge in [0.2, 0.25) is 0 Å². The number of rotatable bonds is 6. The van der Waals surface area contributed by atoms with E-state index in [-0.39, 0.29) is 6.10 Å². The third-order valence-electron chi connectivity index (χ3n) is 4.80. The Bertz CT molecular complexity index is 863. The Labute approximate surface area is 160 Å². The quantitative estimate of drug-likeness (QED) is 0.672. The van der Waals surface area contributed by atoms with E-state index in [1.807, 2.05) is 42.7 Å². The molecule has 1 saturated heterocycles. The fraction of sp³-hybridized carbons (Fsp3) is 0.318. The summed E-state index contributed by atoms with van der Waals surface area (Å²) in [7, 11) is 2.14. The average Bonchev–Trinajstić information content (AvgIpc) is 3.16. The third kappa shape index (κ3) is 4.56. The first-order valence-electron chi connectivity index (χ1n) is 9.36. The molecule has 2 aromatic carbocycles. The average molecular weight is 363 g/mol. The largest absolute Gasteiger partial charge is 0.489 e. The van der Waals surface area contributed by atoms with Gasteiger partial charge in [-0.05, 0) is 24.7 Å². The Hall–Kier alpha value is -2.63. The van der Waals surface area contributed by atoms with E-state index in [0.717, 1.165) is 48.9 Å². The van der Waals surface area contributed by atoms with E-state index in [1.54, 1.807) is 0 Å². The molecule has 1 atom stereocenters. The van der Waals surface area contributed by atoms with Gasteiger partial charge in [0, 0.05) is 31.0 Å². The minimum absolute atomic E-state index is 0.189. The molecule has 0 amide bonds. The summed E-state index contributed by atoms with van der Waals surface area (Å²) in [5.41, 5.74) is 2.21. The molecule has 1 fully saturated rings. The molecule has 1 unspecified atom stereocenters. The predicted octanol–water partition coefficient (Wildman–Crippen LogP) is 3.46. The van der Waals surface area contributed by atoms with Crippen LogP contribution in [0.15, 0.2) is 67.0 Å². The third-order valence-corrected chi connectivity index (χ3v) is 4.80. The van der Waals surface area contributed by atoms with Crippen LogP contribution in [0.25, 0.3) is 11.4 Å². The molecule has 1 aromatic heterocycles. The summed E-state index contributed by atoms with van der Waals surface area (Å²) in [6.07, 6.45) is 4.05. The molecule has 2 heterocycles. The van der Waals surface area contributed by atoms with Gasteiger partial charge < -0.3 is 18.9 Å². The monoisotopic (exact) mass is 363 g/mol. The molecular weight excluding hydrogens is 338 g/mol. The Kier molecular flexibility index (Phi) is 5.51. The van der Waals surface area contributed by atoms with Gasteiger partial charge in [0.05, 0.1) is 19.3 Å². The lowest BCUT2D eigenvalue weighted by molar-refractivity contribution is -0.0272. The highest BCUT2D eigenvalue weighted by Crippen LogP contribution is 2.24. The number of hydrogen-bond acceptors (Lipinski definition) is 4. The topological polar surface area (TPSA) is 39.5 Å². The summed E-state index contributed by atoms with van der Waals surface area (Å²) in [5, 5.41) is 0. The number of ether oxygens (including phenoxy) is 2. The Balaban J connectivity index is 1.47. The van der Waals surface area contributed by atoms with Gasteiger partial charge in [-0.2, -0.15) is 0 Å². The lowest BCUT2D eigenvalue weighted by Crippen LogP contribution is -2.41. The number of nitrogens with zero attached hydrogens (tertiary/aromatic N) is 3. The molecule has 0 N–H and O–H groups in total. The van der Waals surface area contributed by atoms with Crippen molar-refractivity contribution in [3.05, 3.63) is 72.6 Å². The molecule has 1 aliphatic rings. The lowest BCUT2D eigenvalue weighted by Gasteiger charge is -2.30. The SMILES string of the molecule is CN1CCOC(Cn2ccnc2-c2cccc(OCc3ccccc3)c2)C1. The van der Waals surface area contributed by atoms with Gasteiger partial charge in [0.15, 0.2) is 0 Å². The summed E-state index contributed by atoms with van der Waals surface area (Å²) in [5.74, 6) is 1.79. The minimum atomic E-state index is 0.189. The van der Waals surface area contributed by atoms with Crippen LogP contribution < -0.4 is 4.74 Å². The summed E-state index contributed by atoms with van der Waals surface area (Å²) in [6.45, 7) is 4.08. The van der Waals surface area contributed by atoms with E-state index in [4.69, 9.17) is 9.47 Å². The Morgan fingerprint density at radius 3 is 2.89 bits per heavy atom. The van der Waals surface area contributed by atoms with Crippen LogP contribution in [0.3, 0.4) is 0 Å². The van der Waals surface area contributed by atoms with Crippen LogP contribution >= 0.6 is 0 Å². The van der Waals surface area contributed by atoms with Crippen molar-refractivity contribution in [1.29, 1.82) is 0 Å². The number of benzene rings is 2. The van der Waals surface area contributed by atoms with Crippen LogP contribution in [-0.4, -0.2) is 47.3 Å². The van der Waals surface area contributed by atoms with Crippen molar-refractivity contribution >= 4 is 0 Å². The zero-order valence-electron chi connectivity index (χ0n) is 15.6. The van der Waals surface area contributed by atoms with Crippen LogP contribution in [0.5, 0.6) is 5.75 Å². The molecular formula is C22H25N3O2. The second-order valence-corrected chi connectivity index (χ2v) is 6.96. The fourth-order valence-electron chi connectivity index (χ4n) is 3.38. The number of morpholine rings is 1. The molecule has 27 heavy (non-hydrogen) atoms. The summed E-state index contributed by atoms with van der Waals surface area (Å²) >= 11 is 0. The molecule has 0 aliphatic carbocycles. The molecule has 3 aromatic rings. The number of hydrogen-bond donors (Lipinski definition) is 0. The molecule has 4 rings (SSSR count). The van der Waals surface area contributed by atoms with Crippen molar-refractivity contribution in [2.24, 2.45) is 0 Å². The maximum atomic E-state index is 5.97. The van der Waals surface area contributed by atoms with Crippen LogP contribution in [0, 0.1) is 0 Å². The number of likely N-dealkylation sites (N-methyl/N-ethyl adjacent to an activating group) is 1. The maximum Gasteiger partial charge on any atom is 0.140 e. The van der Waals surface area contributed by atoms with Crippen LogP contribution in [0.1, 0.15) is 5.56 Å². The van der Waals surface area contributed by atoms with Crippen molar-refractivity contribution in [2.75, 3.05) is 26.7 Å². The van der Waals surface area contributed by atoms with Crippen molar-refractivity contribution in [3.63, 3.8) is 0 Å². The predicted molar refractivity (Wildman–Crippen MR) is 106 cm³/mol. The van der Waals surface area contributed by atoms with Crippen LogP contribution in [0.2, 0.25) is 0 Å². The summed E-state index contributed by atoms with van der Waals surface area (Å²) in [4.78, 5) is 6.88. The van der Waals surface area contributed by atoms with Gasteiger partial charge in [0.25, 0.3) is 0 Å².